The van der Waals surface area contributed by atoms with Crippen LogP contribution in [0.3, 0.4) is 0 Å². The molecule has 0 aliphatic carbocycles. The van der Waals surface area contributed by atoms with Crippen LogP contribution in [0.1, 0.15) is 370 Å². The third-order valence-corrected chi connectivity index (χ3v) is 18.1. The molecule has 1 aliphatic rings. The molecule has 0 amide bonds. The first-order valence-corrected chi connectivity index (χ1v) is 36.0. The van der Waals surface area contributed by atoms with E-state index in [1.165, 1.54) is 319 Å². The number of hydrogen-bond acceptors (Lipinski definition) is 0. The quantitative estimate of drug-likeness (QED) is 0.0358. The van der Waals surface area contributed by atoms with Gasteiger partial charge in [-0.05, 0) is 148 Å². The minimum atomic E-state index is 0.980. The van der Waals surface area contributed by atoms with Gasteiger partial charge in [-0.3, -0.25) is 0 Å². The standard InChI is InChI=1S/C46H72N2.2C14H29.Ni/c1-8-15-22-23-28-40-35-45(41-31-36(24-16-9-2)43(29-20-13-6)37(32-41)25-17-10-3)48(47)46(40)42-33-38(26-18-11-4)44(30-21-14-7)39(34-42)27-19-12-5;2*1-3-5-7-9-11-13-14-12-10-8-6-4-2;/h31-35H,8-30H2,1-7H3;2*1,3-14H2,2H3;. The number of benzene rings is 2. The molecule has 0 unspecified atom stereocenters. The van der Waals surface area contributed by atoms with Crippen LogP contribution in [0, 0.1) is 0 Å². The number of rotatable bonds is 51. The zero-order valence-corrected chi connectivity index (χ0v) is 54.2. The van der Waals surface area contributed by atoms with Crippen molar-refractivity contribution in [3.63, 3.8) is 0 Å². The molecule has 0 saturated heterocycles. The van der Waals surface area contributed by atoms with E-state index in [1.54, 1.807) is 15.8 Å². The fourth-order valence-electron chi connectivity index (χ4n) is 11.7. The summed E-state index contributed by atoms with van der Waals surface area (Å²) in [6.45, 7) is 20.8. The van der Waals surface area contributed by atoms with Crippen LogP contribution in [-0.4, -0.2) is 4.70 Å². The Morgan fingerprint density at radius 1 is 0.299 bits per heavy atom. The number of nitrogens with zero attached hydrogens (tertiary/aromatic N) is 2. The van der Waals surface area contributed by atoms with E-state index in [4.69, 9.17) is 0 Å². The predicted molar refractivity (Wildman–Crippen MR) is 344 cm³/mol. The molecule has 446 valence electrons. The second-order valence-corrected chi connectivity index (χ2v) is 25.4. The van der Waals surface area contributed by atoms with Crippen molar-refractivity contribution < 1.29 is 19.1 Å². The Morgan fingerprint density at radius 2 is 0.571 bits per heavy atom. The molecule has 2 aromatic carbocycles. The van der Waals surface area contributed by atoms with Crippen LogP contribution in [-0.2, 0) is 53.0 Å². The van der Waals surface area contributed by atoms with Gasteiger partial charge >= 0.3 is 166 Å². The van der Waals surface area contributed by atoms with Gasteiger partial charge in [-0.1, -0.05) is 133 Å². The second-order valence-electron chi connectivity index (χ2n) is 23.9. The van der Waals surface area contributed by atoms with Crippen molar-refractivity contribution in [2.45, 2.75) is 375 Å². The molecule has 0 atom stereocenters. The zero-order valence-electron chi connectivity index (χ0n) is 53.2. The molecule has 2 nitrogen and oxygen atoms in total. The van der Waals surface area contributed by atoms with Gasteiger partial charge in [-0.2, -0.15) is 0 Å². The van der Waals surface area contributed by atoms with Gasteiger partial charge in [-0.25, -0.2) is 4.70 Å². The minimum Gasteiger partial charge on any atom is -0.0654 e. The van der Waals surface area contributed by atoms with E-state index in [2.05, 4.69) is 92.7 Å². The molecule has 2 aromatic rings. The molecule has 3 rings (SSSR count). The minimum absolute atomic E-state index is 0.980. The molecule has 0 spiro atoms. The molecule has 0 N–H and O–H groups in total. The average molecular weight is 1110 g/mol. The Balaban J connectivity index is 0.000000600. The van der Waals surface area contributed by atoms with Gasteiger partial charge in [0.1, 0.15) is 0 Å². The van der Waals surface area contributed by atoms with Gasteiger partial charge < -0.3 is 5.53 Å². The topological polar surface area (TPSA) is 25.3 Å². The molecule has 0 radical (unpaired) electrons. The van der Waals surface area contributed by atoms with Crippen LogP contribution in [0.4, 0.5) is 0 Å². The van der Waals surface area contributed by atoms with E-state index in [1.807, 2.05) is 14.4 Å². The normalized spacial score (nSPS) is 12.6. The first kappa shape index (κ1) is 71.1. The van der Waals surface area contributed by atoms with Crippen LogP contribution < -0.4 is 0 Å². The van der Waals surface area contributed by atoms with Crippen molar-refractivity contribution in [3.05, 3.63) is 86.0 Å². The molecule has 0 fully saturated rings. The molecule has 0 bridgehead atoms. The summed E-state index contributed by atoms with van der Waals surface area (Å²) in [6.07, 6.45) is 65.1. The van der Waals surface area contributed by atoms with E-state index >= 15 is 0 Å². The Hall–Kier alpha value is -1.99. The van der Waals surface area contributed by atoms with Crippen molar-refractivity contribution in [3.8, 4) is 0 Å². The summed E-state index contributed by atoms with van der Waals surface area (Å²) >= 11 is 2.04. The zero-order chi connectivity index (χ0) is 55.8. The van der Waals surface area contributed by atoms with Crippen molar-refractivity contribution in [2.24, 2.45) is 0 Å². The summed E-state index contributed by atoms with van der Waals surface area (Å²) in [5, 5.41) is 2.87. The van der Waals surface area contributed by atoms with Crippen molar-refractivity contribution >= 4 is 11.4 Å². The van der Waals surface area contributed by atoms with Gasteiger partial charge in [-0.15, -0.1) is 0 Å². The summed E-state index contributed by atoms with van der Waals surface area (Å²) in [6, 6.07) is 9.86. The van der Waals surface area contributed by atoms with Gasteiger partial charge in [0.05, 0.1) is 0 Å². The Labute approximate surface area is 488 Å². The van der Waals surface area contributed by atoms with Gasteiger partial charge in [0, 0.05) is 22.8 Å². The van der Waals surface area contributed by atoms with Crippen molar-refractivity contribution in [1.82, 2.24) is 0 Å². The first-order chi connectivity index (χ1) is 37.9. The second kappa shape index (κ2) is 49.8. The Kier molecular flexibility index (Phi) is 46.0. The van der Waals surface area contributed by atoms with Crippen LogP contribution in [0.15, 0.2) is 35.9 Å². The smallest absolute Gasteiger partial charge is 0.0654 e. The summed E-state index contributed by atoms with van der Waals surface area (Å²) < 4.78 is 1.61. The van der Waals surface area contributed by atoms with Crippen LogP contribution in [0.5, 0.6) is 0 Å². The maximum atomic E-state index is 12.3. The monoisotopic (exact) mass is 1100 g/mol. The summed E-state index contributed by atoms with van der Waals surface area (Å²) in [5.74, 6) is 0. The fraction of sp³-hybridized carbons (Fsp3) is 0.784. The average Bonchev–Trinajstić information content (AvgIpc) is 3.78. The van der Waals surface area contributed by atoms with Crippen LogP contribution in [0.25, 0.3) is 16.9 Å². The third-order valence-electron chi connectivity index (χ3n) is 16.7. The third kappa shape index (κ3) is 31.7. The number of unbranched alkanes of at least 4 members (excludes halogenated alkanes) is 31. The predicted octanol–water partition coefficient (Wildman–Crippen LogP) is 25.8. The molecule has 3 heteroatoms. The van der Waals surface area contributed by atoms with E-state index < -0.39 is 0 Å². The van der Waals surface area contributed by atoms with Gasteiger partial charge in [0.15, 0.2) is 0 Å². The molecule has 0 saturated carbocycles. The Bertz CT molecular complexity index is 1710. The molecule has 1 aliphatic heterocycles. The van der Waals surface area contributed by atoms with E-state index in [0.717, 1.165) is 43.5 Å². The van der Waals surface area contributed by atoms with Crippen molar-refractivity contribution in [2.75, 3.05) is 0 Å². The molecule has 1 heterocycles. The number of allylic oxidation sites excluding steroid dienone is 2. The van der Waals surface area contributed by atoms with Gasteiger partial charge in [0.25, 0.3) is 0 Å². The van der Waals surface area contributed by atoms with Crippen LogP contribution >= 0.6 is 0 Å². The first-order valence-electron chi connectivity index (χ1n) is 34.6. The maximum absolute atomic E-state index is 12.3. The molecular formula is C74H130N2Ni. The molecule has 0 aromatic heterocycles. The van der Waals surface area contributed by atoms with Gasteiger partial charge in [0.2, 0.25) is 11.4 Å². The molecule has 77 heavy (non-hydrogen) atoms. The number of aryl methyl sites for hydroxylation is 4. The number of hydrogen-bond donors (Lipinski definition) is 0. The summed E-state index contributed by atoms with van der Waals surface area (Å²) in [7, 11) is 0. The fourth-order valence-corrected chi connectivity index (χ4v) is 12.9. The summed E-state index contributed by atoms with van der Waals surface area (Å²) in [4.78, 5) is 0. The van der Waals surface area contributed by atoms with Crippen LogP contribution in [0.2, 0.25) is 10.8 Å². The Morgan fingerprint density at radius 3 is 0.896 bits per heavy atom. The molecular weight excluding hydrogens is 976 g/mol. The SMILES string of the molecule is CCCCCCC1=C(c2cc(CCCC)c(CCCC)c(CCCC)c2)[N+](=[N-])C(c2cc(CCCC)c(CCCC)c(CCCC)c2)=C1.CCCCCCCCCCCCC[CH2][Ni][CH2]CCCCCCCCCCCCC. The van der Waals surface area contributed by atoms with E-state index in [-0.39, 0.29) is 0 Å². The van der Waals surface area contributed by atoms with E-state index in [0.29, 0.717) is 0 Å². The van der Waals surface area contributed by atoms with E-state index in [9.17, 15) is 5.53 Å². The van der Waals surface area contributed by atoms with Crippen molar-refractivity contribution in [1.29, 1.82) is 0 Å². The summed E-state index contributed by atoms with van der Waals surface area (Å²) in [5.41, 5.74) is 27.4.